The van der Waals surface area contributed by atoms with E-state index in [1.807, 2.05) is 4.90 Å². The Labute approximate surface area is 152 Å². The average Bonchev–Trinajstić information content (AvgIpc) is 2.68. The van der Waals surface area contributed by atoms with Crippen LogP contribution in [-0.2, 0) is 11.2 Å². The largest absolute Gasteiger partial charge is 0.496 e. The number of benzene rings is 1. The topological polar surface area (TPSA) is 75.6 Å². The molecule has 7 nitrogen and oxygen atoms in total. The van der Waals surface area contributed by atoms with Gasteiger partial charge in [-0.15, -0.1) is 0 Å². The maximum absolute atomic E-state index is 12.7. The Morgan fingerprint density at radius 1 is 1.12 bits per heavy atom. The molecule has 3 rings (SSSR count). The van der Waals surface area contributed by atoms with E-state index >= 15 is 0 Å². The lowest BCUT2D eigenvalue weighted by atomic mass is 10.0. The lowest BCUT2D eigenvalue weighted by Crippen LogP contribution is -2.49. The van der Waals surface area contributed by atoms with Crippen molar-refractivity contribution in [2.75, 3.05) is 38.2 Å². The quantitative estimate of drug-likeness (QED) is 0.759. The molecule has 1 aromatic carbocycles. The van der Waals surface area contributed by atoms with Gasteiger partial charge in [-0.1, -0.05) is 0 Å². The summed E-state index contributed by atoms with van der Waals surface area (Å²) in [5, 5.41) is 0. The summed E-state index contributed by atoms with van der Waals surface area (Å²) < 4.78 is 5.34. The van der Waals surface area contributed by atoms with E-state index in [-0.39, 0.29) is 18.1 Å². The van der Waals surface area contributed by atoms with E-state index in [2.05, 4.69) is 14.9 Å². The summed E-state index contributed by atoms with van der Waals surface area (Å²) in [5.41, 5.74) is 1.32. The lowest BCUT2D eigenvalue weighted by molar-refractivity contribution is -0.130. The van der Waals surface area contributed by atoms with Crippen LogP contribution in [0.3, 0.4) is 0 Å². The summed E-state index contributed by atoms with van der Waals surface area (Å²) in [6, 6.07) is 6.98. The van der Waals surface area contributed by atoms with Gasteiger partial charge in [-0.3, -0.25) is 9.59 Å². The molecule has 0 saturated carbocycles. The lowest BCUT2D eigenvalue weighted by Gasteiger charge is -2.34. The second-order valence-corrected chi connectivity index (χ2v) is 6.18. The molecule has 1 fully saturated rings. The Hall–Kier alpha value is -2.96. The first kappa shape index (κ1) is 17.8. The number of amides is 1. The molecule has 1 aliphatic rings. The summed E-state index contributed by atoms with van der Waals surface area (Å²) in [7, 11) is 1.56. The van der Waals surface area contributed by atoms with Crippen molar-refractivity contribution in [2.45, 2.75) is 13.3 Å². The highest BCUT2D eigenvalue weighted by Gasteiger charge is 2.23. The molecule has 0 N–H and O–H groups in total. The van der Waals surface area contributed by atoms with Crippen molar-refractivity contribution in [1.82, 2.24) is 14.9 Å². The van der Waals surface area contributed by atoms with Crippen LogP contribution in [0.15, 0.2) is 36.7 Å². The zero-order valence-electron chi connectivity index (χ0n) is 15.0. The van der Waals surface area contributed by atoms with Crippen molar-refractivity contribution in [3.8, 4) is 5.75 Å². The van der Waals surface area contributed by atoms with Crippen LogP contribution in [0.1, 0.15) is 22.8 Å². The standard InChI is InChI=1S/C19H22N4O3/c1-14(24)15-4-5-17(26-2)16(12-15)13-18(25)22-8-10-23(11-9-22)19-20-6-3-7-21-19/h3-7,12H,8-11,13H2,1-2H3. The van der Waals surface area contributed by atoms with Crippen LogP contribution in [-0.4, -0.2) is 59.8 Å². The van der Waals surface area contributed by atoms with E-state index in [0.29, 0.717) is 43.4 Å². The minimum absolute atomic E-state index is 0.0256. The molecule has 1 aromatic heterocycles. The van der Waals surface area contributed by atoms with Crippen molar-refractivity contribution >= 4 is 17.6 Å². The van der Waals surface area contributed by atoms with Crippen LogP contribution in [0.2, 0.25) is 0 Å². The molecule has 0 spiro atoms. The van der Waals surface area contributed by atoms with E-state index in [1.165, 1.54) is 6.92 Å². The summed E-state index contributed by atoms with van der Waals surface area (Å²) in [5.74, 6) is 1.31. The highest BCUT2D eigenvalue weighted by molar-refractivity contribution is 5.94. The van der Waals surface area contributed by atoms with Gasteiger partial charge in [0.05, 0.1) is 13.5 Å². The fraction of sp³-hybridized carbons (Fsp3) is 0.368. The molecular formula is C19H22N4O3. The number of hydrogen-bond donors (Lipinski definition) is 0. The molecule has 0 unspecified atom stereocenters. The average molecular weight is 354 g/mol. The van der Waals surface area contributed by atoms with Gasteiger partial charge >= 0.3 is 0 Å². The van der Waals surface area contributed by atoms with Gasteiger partial charge in [0.25, 0.3) is 0 Å². The highest BCUT2D eigenvalue weighted by Crippen LogP contribution is 2.22. The van der Waals surface area contributed by atoms with Gasteiger partial charge in [0, 0.05) is 49.7 Å². The summed E-state index contributed by atoms with van der Waals surface area (Å²) in [6.45, 7) is 4.14. The predicted octanol–water partition coefficient (Wildman–Crippen LogP) is 1.58. The molecule has 2 heterocycles. The maximum Gasteiger partial charge on any atom is 0.227 e. The molecule has 26 heavy (non-hydrogen) atoms. The van der Waals surface area contributed by atoms with E-state index in [4.69, 9.17) is 4.74 Å². The summed E-state index contributed by atoms with van der Waals surface area (Å²) in [4.78, 5) is 36.7. The molecule has 2 aromatic rings. The van der Waals surface area contributed by atoms with Crippen LogP contribution >= 0.6 is 0 Å². The number of anilines is 1. The number of carbonyl (C=O) groups excluding carboxylic acids is 2. The normalized spacial score (nSPS) is 14.2. The van der Waals surface area contributed by atoms with Gasteiger partial charge in [-0.25, -0.2) is 9.97 Å². The monoisotopic (exact) mass is 354 g/mol. The number of piperazine rings is 1. The number of rotatable bonds is 5. The van der Waals surface area contributed by atoms with E-state index in [0.717, 1.165) is 5.56 Å². The third-order valence-corrected chi connectivity index (χ3v) is 4.50. The second-order valence-electron chi connectivity index (χ2n) is 6.18. The molecular weight excluding hydrogens is 332 g/mol. The zero-order valence-corrected chi connectivity index (χ0v) is 15.0. The Bertz CT molecular complexity index is 787. The number of ether oxygens (including phenoxy) is 1. The first-order valence-corrected chi connectivity index (χ1v) is 8.56. The summed E-state index contributed by atoms with van der Waals surface area (Å²) in [6.07, 6.45) is 3.65. The molecule has 136 valence electrons. The molecule has 1 saturated heterocycles. The van der Waals surface area contributed by atoms with Crippen molar-refractivity contribution < 1.29 is 14.3 Å². The molecule has 1 amide bonds. The van der Waals surface area contributed by atoms with Crippen LogP contribution in [0.4, 0.5) is 5.95 Å². The maximum atomic E-state index is 12.7. The minimum atomic E-state index is -0.0298. The van der Waals surface area contributed by atoms with Crippen LogP contribution in [0, 0.1) is 0 Å². The molecule has 0 bridgehead atoms. The Morgan fingerprint density at radius 2 is 1.81 bits per heavy atom. The van der Waals surface area contributed by atoms with Crippen molar-refractivity contribution in [3.63, 3.8) is 0 Å². The van der Waals surface area contributed by atoms with Crippen LogP contribution in [0.5, 0.6) is 5.75 Å². The van der Waals surface area contributed by atoms with Gasteiger partial charge in [-0.05, 0) is 31.2 Å². The number of Topliss-reactive ketones (excluding diaryl/α,β-unsaturated/α-hetero) is 1. The molecule has 7 heteroatoms. The molecule has 0 atom stereocenters. The number of hydrogen-bond acceptors (Lipinski definition) is 6. The fourth-order valence-electron chi connectivity index (χ4n) is 3.02. The summed E-state index contributed by atoms with van der Waals surface area (Å²) >= 11 is 0. The Balaban J connectivity index is 1.64. The molecule has 0 radical (unpaired) electrons. The van der Waals surface area contributed by atoms with Crippen LogP contribution < -0.4 is 9.64 Å². The molecule has 1 aliphatic heterocycles. The SMILES string of the molecule is COc1ccc(C(C)=O)cc1CC(=O)N1CCN(c2ncccn2)CC1. The molecule has 0 aliphatic carbocycles. The van der Waals surface area contributed by atoms with Crippen molar-refractivity contribution in [3.05, 3.63) is 47.8 Å². The third-order valence-electron chi connectivity index (χ3n) is 4.50. The third kappa shape index (κ3) is 3.99. The Kier molecular flexibility index (Phi) is 5.46. The van der Waals surface area contributed by atoms with E-state index in [9.17, 15) is 9.59 Å². The second kappa shape index (κ2) is 7.95. The van der Waals surface area contributed by atoms with Crippen molar-refractivity contribution in [2.24, 2.45) is 0 Å². The fourth-order valence-corrected chi connectivity index (χ4v) is 3.02. The van der Waals surface area contributed by atoms with Crippen LogP contribution in [0.25, 0.3) is 0 Å². The van der Waals surface area contributed by atoms with Crippen molar-refractivity contribution in [1.29, 1.82) is 0 Å². The number of nitrogens with zero attached hydrogens (tertiary/aromatic N) is 4. The van der Waals surface area contributed by atoms with E-state index in [1.54, 1.807) is 43.8 Å². The number of aromatic nitrogens is 2. The number of carbonyl (C=O) groups is 2. The first-order valence-electron chi connectivity index (χ1n) is 8.56. The Morgan fingerprint density at radius 3 is 2.42 bits per heavy atom. The number of ketones is 1. The zero-order chi connectivity index (χ0) is 18.5. The van der Waals surface area contributed by atoms with E-state index < -0.39 is 0 Å². The first-order chi connectivity index (χ1) is 12.6. The minimum Gasteiger partial charge on any atom is -0.496 e. The smallest absolute Gasteiger partial charge is 0.227 e. The van der Waals surface area contributed by atoms with Gasteiger partial charge in [0.15, 0.2) is 5.78 Å². The predicted molar refractivity (Wildman–Crippen MR) is 97.5 cm³/mol. The van der Waals surface area contributed by atoms with Gasteiger partial charge in [0.2, 0.25) is 11.9 Å². The van der Waals surface area contributed by atoms with Gasteiger partial charge in [0.1, 0.15) is 5.75 Å². The highest BCUT2D eigenvalue weighted by atomic mass is 16.5. The van der Waals surface area contributed by atoms with Gasteiger partial charge < -0.3 is 14.5 Å². The van der Waals surface area contributed by atoms with Gasteiger partial charge in [-0.2, -0.15) is 0 Å². The number of methoxy groups -OCH3 is 1.